The second kappa shape index (κ2) is 9.08. The fourth-order valence-electron chi connectivity index (χ4n) is 1.73. The SMILES string of the molecule is O=C(O)CCCCCCNC(=O)Cc1cccnc1. The standard InChI is InChI=1S/C14H20N2O3/c17-13(10-12-6-5-8-15-11-12)16-9-4-2-1-3-7-14(18)19/h5-6,8,11H,1-4,7,9-10H2,(H,16,17)(H,18,19). The van der Waals surface area contributed by atoms with Crippen LogP contribution in [0.3, 0.4) is 0 Å². The Morgan fingerprint density at radius 1 is 1.21 bits per heavy atom. The highest BCUT2D eigenvalue weighted by molar-refractivity contribution is 5.78. The second-order valence-electron chi connectivity index (χ2n) is 4.45. The Morgan fingerprint density at radius 3 is 2.68 bits per heavy atom. The zero-order chi connectivity index (χ0) is 13.9. The first-order chi connectivity index (χ1) is 9.18. The van der Waals surface area contributed by atoms with Crippen molar-refractivity contribution in [1.82, 2.24) is 10.3 Å². The molecule has 2 N–H and O–H groups in total. The maximum atomic E-state index is 11.6. The van der Waals surface area contributed by atoms with E-state index in [0.717, 1.165) is 24.8 Å². The van der Waals surface area contributed by atoms with E-state index in [2.05, 4.69) is 10.3 Å². The van der Waals surface area contributed by atoms with Crippen LogP contribution in [0, 0.1) is 0 Å². The summed E-state index contributed by atoms with van der Waals surface area (Å²) < 4.78 is 0. The summed E-state index contributed by atoms with van der Waals surface area (Å²) in [6.07, 6.45) is 7.38. The number of pyridine rings is 1. The fourth-order valence-corrected chi connectivity index (χ4v) is 1.73. The van der Waals surface area contributed by atoms with E-state index in [-0.39, 0.29) is 12.3 Å². The molecule has 0 saturated heterocycles. The molecule has 104 valence electrons. The van der Waals surface area contributed by atoms with E-state index in [4.69, 9.17) is 5.11 Å². The second-order valence-corrected chi connectivity index (χ2v) is 4.45. The van der Waals surface area contributed by atoms with Gasteiger partial charge in [-0.2, -0.15) is 0 Å². The lowest BCUT2D eigenvalue weighted by molar-refractivity contribution is -0.137. The van der Waals surface area contributed by atoms with E-state index in [1.165, 1.54) is 0 Å². The number of nitrogens with one attached hydrogen (secondary N) is 1. The summed E-state index contributed by atoms with van der Waals surface area (Å²) in [6, 6.07) is 3.68. The Morgan fingerprint density at radius 2 is 2.00 bits per heavy atom. The number of nitrogens with zero attached hydrogens (tertiary/aromatic N) is 1. The van der Waals surface area contributed by atoms with Crippen LogP contribution >= 0.6 is 0 Å². The molecule has 0 radical (unpaired) electrons. The van der Waals surface area contributed by atoms with E-state index in [1.54, 1.807) is 12.4 Å². The van der Waals surface area contributed by atoms with Crippen LogP contribution in [-0.4, -0.2) is 28.5 Å². The van der Waals surface area contributed by atoms with Crippen LogP contribution in [0.25, 0.3) is 0 Å². The van der Waals surface area contributed by atoms with Gasteiger partial charge in [-0.25, -0.2) is 0 Å². The highest BCUT2D eigenvalue weighted by atomic mass is 16.4. The number of hydrogen-bond donors (Lipinski definition) is 2. The molecule has 0 aliphatic heterocycles. The van der Waals surface area contributed by atoms with Gasteiger partial charge in [-0.1, -0.05) is 18.9 Å². The topological polar surface area (TPSA) is 79.3 Å². The average molecular weight is 264 g/mol. The van der Waals surface area contributed by atoms with Gasteiger partial charge in [-0.05, 0) is 24.5 Å². The maximum Gasteiger partial charge on any atom is 0.303 e. The molecule has 1 amide bonds. The third-order valence-electron chi connectivity index (χ3n) is 2.73. The first-order valence-electron chi connectivity index (χ1n) is 6.56. The summed E-state index contributed by atoms with van der Waals surface area (Å²) in [5, 5.41) is 11.3. The lowest BCUT2D eigenvalue weighted by atomic mass is 10.1. The molecule has 1 aromatic heterocycles. The van der Waals surface area contributed by atoms with Crippen molar-refractivity contribution >= 4 is 11.9 Å². The van der Waals surface area contributed by atoms with Crippen LogP contribution in [0.5, 0.6) is 0 Å². The molecule has 1 rings (SSSR count). The third kappa shape index (κ3) is 7.91. The summed E-state index contributed by atoms with van der Waals surface area (Å²) in [5.41, 5.74) is 0.904. The number of aromatic nitrogens is 1. The summed E-state index contributed by atoms with van der Waals surface area (Å²) in [7, 11) is 0. The van der Waals surface area contributed by atoms with Gasteiger partial charge in [0.1, 0.15) is 0 Å². The minimum atomic E-state index is -0.746. The summed E-state index contributed by atoms with van der Waals surface area (Å²) in [6.45, 7) is 0.645. The first-order valence-corrected chi connectivity index (χ1v) is 6.56. The van der Waals surface area contributed by atoms with Crippen LogP contribution in [0.1, 0.15) is 37.7 Å². The van der Waals surface area contributed by atoms with Crippen LogP contribution in [0.2, 0.25) is 0 Å². The zero-order valence-corrected chi connectivity index (χ0v) is 11.0. The van der Waals surface area contributed by atoms with E-state index >= 15 is 0 Å². The summed E-state index contributed by atoms with van der Waals surface area (Å²) in [5.74, 6) is -0.747. The predicted octanol–water partition coefficient (Wildman–Crippen LogP) is 1.78. The number of aliphatic carboxylic acids is 1. The Labute approximate surface area is 113 Å². The highest BCUT2D eigenvalue weighted by Gasteiger charge is 2.02. The van der Waals surface area contributed by atoms with Gasteiger partial charge < -0.3 is 10.4 Å². The molecule has 5 heteroatoms. The number of hydrogen-bond acceptors (Lipinski definition) is 3. The van der Waals surface area contributed by atoms with Crippen molar-refractivity contribution < 1.29 is 14.7 Å². The molecule has 1 aromatic rings. The fraction of sp³-hybridized carbons (Fsp3) is 0.500. The minimum Gasteiger partial charge on any atom is -0.481 e. The summed E-state index contributed by atoms with van der Waals surface area (Å²) in [4.78, 5) is 25.8. The number of rotatable bonds is 9. The van der Waals surface area contributed by atoms with Gasteiger partial charge in [0.25, 0.3) is 0 Å². The number of carboxylic acids is 1. The molecular formula is C14H20N2O3. The molecule has 0 atom stereocenters. The Balaban J connectivity index is 2.00. The van der Waals surface area contributed by atoms with Crippen molar-refractivity contribution in [3.8, 4) is 0 Å². The highest BCUT2D eigenvalue weighted by Crippen LogP contribution is 2.02. The van der Waals surface area contributed by atoms with Crippen molar-refractivity contribution in [3.05, 3.63) is 30.1 Å². The third-order valence-corrected chi connectivity index (χ3v) is 2.73. The Bertz CT molecular complexity index is 393. The number of carbonyl (C=O) groups excluding carboxylic acids is 1. The van der Waals surface area contributed by atoms with Crippen molar-refractivity contribution in [3.63, 3.8) is 0 Å². The smallest absolute Gasteiger partial charge is 0.303 e. The zero-order valence-electron chi connectivity index (χ0n) is 11.0. The van der Waals surface area contributed by atoms with E-state index in [1.807, 2.05) is 12.1 Å². The first kappa shape index (κ1) is 15.1. The number of carboxylic acid groups (broad SMARTS) is 1. The van der Waals surface area contributed by atoms with Crippen LogP contribution in [-0.2, 0) is 16.0 Å². The Hall–Kier alpha value is -1.91. The van der Waals surface area contributed by atoms with E-state index < -0.39 is 5.97 Å². The van der Waals surface area contributed by atoms with Crippen LogP contribution < -0.4 is 5.32 Å². The molecule has 0 fully saturated rings. The van der Waals surface area contributed by atoms with E-state index in [9.17, 15) is 9.59 Å². The molecule has 0 aromatic carbocycles. The molecule has 0 aliphatic rings. The van der Waals surface area contributed by atoms with Crippen molar-refractivity contribution in [2.45, 2.75) is 38.5 Å². The van der Waals surface area contributed by atoms with Crippen LogP contribution in [0.15, 0.2) is 24.5 Å². The van der Waals surface area contributed by atoms with Gasteiger partial charge in [0.05, 0.1) is 6.42 Å². The normalized spacial score (nSPS) is 10.1. The lowest BCUT2D eigenvalue weighted by Gasteiger charge is -2.05. The van der Waals surface area contributed by atoms with Gasteiger partial charge in [0.15, 0.2) is 0 Å². The van der Waals surface area contributed by atoms with Crippen molar-refractivity contribution in [2.24, 2.45) is 0 Å². The van der Waals surface area contributed by atoms with E-state index in [0.29, 0.717) is 19.4 Å². The number of amides is 1. The van der Waals surface area contributed by atoms with Gasteiger partial charge >= 0.3 is 5.97 Å². The molecule has 19 heavy (non-hydrogen) atoms. The molecule has 0 spiro atoms. The quantitative estimate of drug-likeness (QED) is 0.666. The van der Waals surface area contributed by atoms with Gasteiger partial charge in [0.2, 0.25) is 5.91 Å². The molecule has 0 saturated carbocycles. The lowest BCUT2D eigenvalue weighted by Crippen LogP contribution is -2.26. The Kier molecular flexibility index (Phi) is 7.24. The summed E-state index contributed by atoms with van der Waals surface area (Å²) >= 11 is 0. The molecule has 0 bridgehead atoms. The molecule has 0 unspecified atom stereocenters. The predicted molar refractivity (Wildman–Crippen MR) is 71.7 cm³/mol. The molecule has 1 heterocycles. The molecule has 5 nitrogen and oxygen atoms in total. The van der Waals surface area contributed by atoms with Gasteiger partial charge in [0, 0.05) is 25.4 Å². The van der Waals surface area contributed by atoms with Gasteiger partial charge in [-0.15, -0.1) is 0 Å². The average Bonchev–Trinajstić information content (AvgIpc) is 2.38. The molecular weight excluding hydrogens is 244 g/mol. The van der Waals surface area contributed by atoms with Gasteiger partial charge in [-0.3, -0.25) is 14.6 Å². The van der Waals surface area contributed by atoms with Crippen molar-refractivity contribution in [1.29, 1.82) is 0 Å². The van der Waals surface area contributed by atoms with Crippen LogP contribution in [0.4, 0.5) is 0 Å². The largest absolute Gasteiger partial charge is 0.481 e. The minimum absolute atomic E-state index is 0.00136. The number of unbranched alkanes of at least 4 members (excludes halogenated alkanes) is 3. The monoisotopic (exact) mass is 264 g/mol. The maximum absolute atomic E-state index is 11.6. The van der Waals surface area contributed by atoms with Crippen molar-refractivity contribution in [2.75, 3.05) is 6.54 Å². The molecule has 0 aliphatic carbocycles. The number of carbonyl (C=O) groups is 2.